The minimum atomic E-state index is -0.166. The Morgan fingerprint density at radius 1 is 1.24 bits per heavy atom. The van der Waals surface area contributed by atoms with Gasteiger partial charge in [-0.3, -0.25) is 4.79 Å². The van der Waals surface area contributed by atoms with Gasteiger partial charge < -0.3 is 10.1 Å². The Balaban J connectivity index is 2.20. The van der Waals surface area contributed by atoms with Crippen molar-refractivity contribution in [2.45, 2.75) is 64.8 Å². The zero-order chi connectivity index (χ0) is 12.5. The molecule has 1 atom stereocenters. The van der Waals surface area contributed by atoms with Crippen LogP contribution in [-0.4, -0.2) is 25.2 Å². The number of rotatable bonds is 5. The summed E-state index contributed by atoms with van der Waals surface area (Å²) in [6, 6.07) is -0.166. The molecule has 0 spiro atoms. The molecule has 0 saturated heterocycles. The lowest BCUT2D eigenvalue weighted by atomic mass is 9.91. The van der Waals surface area contributed by atoms with Crippen molar-refractivity contribution in [2.75, 3.05) is 13.2 Å². The van der Waals surface area contributed by atoms with Crippen LogP contribution in [0.5, 0.6) is 0 Å². The van der Waals surface area contributed by atoms with Crippen molar-refractivity contribution in [3.63, 3.8) is 0 Å². The van der Waals surface area contributed by atoms with Crippen LogP contribution >= 0.6 is 0 Å². The second kappa shape index (κ2) is 8.51. The molecule has 3 heteroatoms. The van der Waals surface area contributed by atoms with Gasteiger partial charge in [-0.05, 0) is 39.2 Å². The average Bonchev–Trinajstić information content (AvgIpc) is 2.27. The molecule has 1 aliphatic carbocycles. The fourth-order valence-electron chi connectivity index (χ4n) is 2.44. The average molecular weight is 241 g/mol. The molecule has 0 heterocycles. The molecule has 100 valence electrons. The minimum absolute atomic E-state index is 0.127. The van der Waals surface area contributed by atoms with Crippen molar-refractivity contribution in [1.82, 2.24) is 5.32 Å². The van der Waals surface area contributed by atoms with Gasteiger partial charge in [0.1, 0.15) is 6.04 Å². The van der Waals surface area contributed by atoms with Gasteiger partial charge >= 0.3 is 5.97 Å². The fraction of sp³-hybridized carbons (Fsp3) is 0.929. The van der Waals surface area contributed by atoms with Crippen LogP contribution in [0.15, 0.2) is 0 Å². The molecule has 0 radical (unpaired) electrons. The molecule has 0 bridgehead atoms. The maximum atomic E-state index is 11.5. The summed E-state index contributed by atoms with van der Waals surface area (Å²) < 4.78 is 4.99. The Morgan fingerprint density at radius 2 is 1.82 bits per heavy atom. The highest BCUT2D eigenvalue weighted by atomic mass is 16.5. The largest absolute Gasteiger partial charge is 0.465 e. The summed E-state index contributed by atoms with van der Waals surface area (Å²) in [5.41, 5.74) is 0. The molecule has 1 unspecified atom stereocenters. The Labute approximate surface area is 105 Å². The van der Waals surface area contributed by atoms with Gasteiger partial charge in [0.2, 0.25) is 0 Å². The van der Waals surface area contributed by atoms with Crippen LogP contribution in [-0.2, 0) is 9.53 Å². The van der Waals surface area contributed by atoms with E-state index in [0.29, 0.717) is 6.61 Å². The number of carbonyl (C=O) groups excluding carboxylic acids is 1. The molecule has 0 amide bonds. The first-order chi connectivity index (χ1) is 8.24. The molecule has 0 aromatic rings. The van der Waals surface area contributed by atoms with E-state index in [2.05, 4.69) is 5.32 Å². The maximum absolute atomic E-state index is 11.5. The monoisotopic (exact) mass is 241 g/mol. The van der Waals surface area contributed by atoms with Crippen molar-refractivity contribution in [3.05, 3.63) is 0 Å². The van der Waals surface area contributed by atoms with Gasteiger partial charge in [-0.1, -0.05) is 32.1 Å². The Bertz CT molecular complexity index is 210. The van der Waals surface area contributed by atoms with Gasteiger partial charge in [0.05, 0.1) is 6.61 Å². The van der Waals surface area contributed by atoms with Gasteiger partial charge in [-0.15, -0.1) is 0 Å². The van der Waals surface area contributed by atoms with E-state index in [-0.39, 0.29) is 12.0 Å². The van der Waals surface area contributed by atoms with Crippen LogP contribution < -0.4 is 5.32 Å². The van der Waals surface area contributed by atoms with Crippen molar-refractivity contribution in [2.24, 2.45) is 5.92 Å². The number of carbonyl (C=O) groups is 1. The third kappa shape index (κ3) is 6.06. The number of hydrogen-bond acceptors (Lipinski definition) is 3. The molecule has 1 aliphatic rings. The predicted octanol–water partition coefficient (Wildman–Crippen LogP) is 2.89. The van der Waals surface area contributed by atoms with E-state index in [9.17, 15) is 4.79 Å². The zero-order valence-corrected chi connectivity index (χ0v) is 11.3. The van der Waals surface area contributed by atoms with E-state index in [0.717, 1.165) is 12.5 Å². The first-order valence-electron chi connectivity index (χ1n) is 7.14. The van der Waals surface area contributed by atoms with Gasteiger partial charge in [0, 0.05) is 0 Å². The van der Waals surface area contributed by atoms with Crippen LogP contribution in [0.2, 0.25) is 0 Å². The van der Waals surface area contributed by atoms with E-state index in [1.54, 1.807) is 0 Å². The third-order valence-electron chi connectivity index (χ3n) is 3.58. The molecule has 0 aliphatic heterocycles. The lowest BCUT2D eigenvalue weighted by molar-refractivity contribution is -0.145. The van der Waals surface area contributed by atoms with Crippen LogP contribution in [0.25, 0.3) is 0 Å². The summed E-state index contributed by atoms with van der Waals surface area (Å²) in [4.78, 5) is 11.5. The first kappa shape index (κ1) is 14.5. The topological polar surface area (TPSA) is 38.3 Å². The lowest BCUT2D eigenvalue weighted by Crippen LogP contribution is -2.38. The molecule has 1 saturated carbocycles. The fourth-order valence-corrected chi connectivity index (χ4v) is 2.44. The smallest absolute Gasteiger partial charge is 0.322 e. The second-order valence-corrected chi connectivity index (χ2v) is 5.09. The Kier molecular flexibility index (Phi) is 7.25. The van der Waals surface area contributed by atoms with Gasteiger partial charge in [-0.25, -0.2) is 0 Å². The summed E-state index contributed by atoms with van der Waals surface area (Å²) in [6.07, 6.45) is 9.47. The predicted molar refractivity (Wildman–Crippen MR) is 69.9 cm³/mol. The molecule has 1 N–H and O–H groups in total. The zero-order valence-electron chi connectivity index (χ0n) is 11.3. The molecule has 0 aromatic heterocycles. The first-order valence-corrected chi connectivity index (χ1v) is 7.14. The normalized spacial score (nSPS) is 20.4. The SMILES string of the molecule is CCOC(=O)C(C)NCC1CCCCCCC1. The maximum Gasteiger partial charge on any atom is 0.322 e. The van der Waals surface area contributed by atoms with Crippen molar-refractivity contribution in [3.8, 4) is 0 Å². The molecular formula is C14H27NO2. The van der Waals surface area contributed by atoms with Crippen LogP contribution in [0.4, 0.5) is 0 Å². The molecule has 1 rings (SSSR count). The summed E-state index contributed by atoms with van der Waals surface area (Å²) in [7, 11) is 0. The van der Waals surface area contributed by atoms with Gasteiger partial charge in [-0.2, -0.15) is 0 Å². The van der Waals surface area contributed by atoms with Crippen molar-refractivity contribution < 1.29 is 9.53 Å². The highest BCUT2D eigenvalue weighted by molar-refractivity contribution is 5.75. The summed E-state index contributed by atoms with van der Waals surface area (Å²) in [6.45, 7) is 5.16. The standard InChI is InChI=1S/C14H27NO2/c1-3-17-14(16)12(2)15-11-13-9-7-5-4-6-8-10-13/h12-13,15H,3-11H2,1-2H3. The molecule has 0 aromatic carbocycles. The van der Waals surface area contributed by atoms with Crippen LogP contribution in [0.3, 0.4) is 0 Å². The lowest BCUT2D eigenvalue weighted by Gasteiger charge is -2.21. The number of esters is 1. The summed E-state index contributed by atoms with van der Waals surface area (Å²) in [5, 5.41) is 3.31. The third-order valence-corrected chi connectivity index (χ3v) is 3.58. The van der Waals surface area contributed by atoms with E-state index >= 15 is 0 Å². The molecule has 1 fully saturated rings. The van der Waals surface area contributed by atoms with E-state index < -0.39 is 0 Å². The van der Waals surface area contributed by atoms with Crippen molar-refractivity contribution in [1.29, 1.82) is 0 Å². The quantitative estimate of drug-likeness (QED) is 0.752. The highest BCUT2D eigenvalue weighted by Crippen LogP contribution is 2.21. The number of nitrogens with one attached hydrogen (secondary N) is 1. The van der Waals surface area contributed by atoms with E-state index in [1.165, 1.54) is 44.9 Å². The Hall–Kier alpha value is -0.570. The summed E-state index contributed by atoms with van der Waals surface area (Å²) >= 11 is 0. The second-order valence-electron chi connectivity index (χ2n) is 5.09. The molecular weight excluding hydrogens is 214 g/mol. The van der Waals surface area contributed by atoms with E-state index in [1.807, 2.05) is 13.8 Å². The number of ether oxygens (including phenoxy) is 1. The van der Waals surface area contributed by atoms with Crippen LogP contribution in [0, 0.1) is 5.92 Å². The van der Waals surface area contributed by atoms with Gasteiger partial charge in [0.15, 0.2) is 0 Å². The van der Waals surface area contributed by atoms with E-state index in [4.69, 9.17) is 4.74 Å². The highest BCUT2D eigenvalue weighted by Gasteiger charge is 2.16. The Morgan fingerprint density at radius 3 is 2.41 bits per heavy atom. The minimum Gasteiger partial charge on any atom is -0.465 e. The molecule has 17 heavy (non-hydrogen) atoms. The summed E-state index contributed by atoms with van der Waals surface area (Å²) in [5.74, 6) is 0.616. The van der Waals surface area contributed by atoms with Crippen molar-refractivity contribution >= 4 is 5.97 Å². The molecule has 3 nitrogen and oxygen atoms in total. The van der Waals surface area contributed by atoms with Gasteiger partial charge in [0.25, 0.3) is 0 Å². The number of hydrogen-bond donors (Lipinski definition) is 1. The van der Waals surface area contributed by atoms with Crippen LogP contribution in [0.1, 0.15) is 58.8 Å².